The fourth-order valence-corrected chi connectivity index (χ4v) is 2.34. The summed E-state index contributed by atoms with van der Waals surface area (Å²) in [5.74, 6) is 1.66. The normalized spacial score (nSPS) is 13.6. The number of aromatic nitrogens is 3. The minimum Gasteiger partial charge on any atom is -0.388 e. The molecule has 0 aliphatic heterocycles. The van der Waals surface area contributed by atoms with Gasteiger partial charge in [-0.3, -0.25) is 0 Å². The summed E-state index contributed by atoms with van der Waals surface area (Å²) < 4.78 is 13.0. The quantitative estimate of drug-likeness (QED) is 0.802. The minimum absolute atomic E-state index is 0.0718. The zero-order chi connectivity index (χ0) is 18.6. The van der Waals surface area contributed by atoms with Gasteiger partial charge in [-0.15, -0.1) is 0 Å². The second kappa shape index (κ2) is 8.20. The molecule has 136 valence electrons. The number of hydrogen-bond acceptors (Lipinski definition) is 6. The molecule has 2 unspecified atom stereocenters. The van der Waals surface area contributed by atoms with Crippen LogP contribution in [0.3, 0.4) is 0 Å². The van der Waals surface area contributed by atoms with Crippen molar-refractivity contribution in [3.05, 3.63) is 41.5 Å². The molecule has 25 heavy (non-hydrogen) atoms. The second-order valence-electron chi connectivity index (χ2n) is 6.71. The van der Waals surface area contributed by atoms with Crippen molar-refractivity contribution in [3.63, 3.8) is 0 Å². The molecule has 0 saturated heterocycles. The lowest BCUT2D eigenvalue weighted by Gasteiger charge is -2.20. The average Bonchev–Trinajstić information content (AvgIpc) is 2.54. The molecule has 7 heteroatoms. The third-order valence-electron chi connectivity index (χ3n) is 3.76. The third-order valence-corrected chi connectivity index (χ3v) is 3.76. The Morgan fingerprint density at radius 2 is 1.72 bits per heavy atom. The number of nitrogens with zero attached hydrogens (tertiary/aromatic N) is 4. The van der Waals surface area contributed by atoms with E-state index in [1.807, 2.05) is 39.8 Å². The molecule has 0 radical (unpaired) electrons. The van der Waals surface area contributed by atoms with Crippen LogP contribution in [0.1, 0.15) is 50.6 Å². The monoisotopic (exact) mass is 347 g/mol. The van der Waals surface area contributed by atoms with E-state index in [1.54, 1.807) is 12.1 Å². The van der Waals surface area contributed by atoms with E-state index in [-0.39, 0.29) is 17.8 Å². The van der Waals surface area contributed by atoms with E-state index in [1.165, 1.54) is 12.1 Å². The van der Waals surface area contributed by atoms with Crippen molar-refractivity contribution < 1.29 is 9.50 Å². The lowest BCUT2D eigenvalue weighted by Crippen LogP contribution is -2.23. The van der Waals surface area contributed by atoms with Gasteiger partial charge in [-0.1, -0.05) is 26.0 Å². The molecule has 0 saturated carbocycles. The SMILES string of the molecule is CC(CC(O)c1ccc(F)cc1)Nc1nc(C(C)C)nc(N(C)C)n1. The zero-order valence-electron chi connectivity index (χ0n) is 15.4. The van der Waals surface area contributed by atoms with Crippen molar-refractivity contribution in [1.29, 1.82) is 0 Å². The fraction of sp³-hybridized carbons (Fsp3) is 0.500. The molecule has 1 aromatic heterocycles. The molecule has 0 fully saturated rings. The molecular weight excluding hydrogens is 321 g/mol. The highest BCUT2D eigenvalue weighted by atomic mass is 19.1. The van der Waals surface area contributed by atoms with Crippen LogP contribution in [0.4, 0.5) is 16.3 Å². The molecule has 0 amide bonds. The first-order chi connectivity index (χ1) is 11.8. The molecular formula is C18H26FN5O. The Balaban J connectivity index is 2.08. The van der Waals surface area contributed by atoms with Gasteiger partial charge in [-0.25, -0.2) is 4.39 Å². The van der Waals surface area contributed by atoms with Crippen LogP contribution >= 0.6 is 0 Å². The first-order valence-corrected chi connectivity index (χ1v) is 8.39. The van der Waals surface area contributed by atoms with Gasteiger partial charge in [0.1, 0.15) is 11.6 Å². The maximum atomic E-state index is 13.0. The van der Waals surface area contributed by atoms with Crippen LogP contribution < -0.4 is 10.2 Å². The highest BCUT2D eigenvalue weighted by Crippen LogP contribution is 2.21. The van der Waals surface area contributed by atoms with Gasteiger partial charge in [0, 0.05) is 26.1 Å². The summed E-state index contributed by atoms with van der Waals surface area (Å²) in [5, 5.41) is 13.5. The van der Waals surface area contributed by atoms with Gasteiger partial charge in [0.2, 0.25) is 11.9 Å². The van der Waals surface area contributed by atoms with Crippen molar-refractivity contribution in [2.75, 3.05) is 24.3 Å². The van der Waals surface area contributed by atoms with E-state index in [2.05, 4.69) is 20.3 Å². The van der Waals surface area contributed by atoms with Crippen LogP contribution in [-0.2, 0) is 0 Å². The van der Waals surface area contributed by atoms with Crippen LogP contribution in [0.2, 0.25) is 0 Å². The number of benzene rings is 1. The van der Waals surface area contributed by atoms with Gasteiger partial charge in [0.05, 0.1) is 6.10 Å². The molecule has 2 aromatic rings. The van der Waals surface area contributed by atoms with Gasteiger partial charge in [0.15, 0.2) is 0 Å². The van der Waals surface area contributed by atoms with Gasteiger partial charge < -0.3 is 15.3 Å². The Morgan fingerprint density at radius 3 is 2.28 bits per heavy atom. The predicted octanol–water partition coefficient (Wildman–Crippen LogP) is 3.12. The zero-order valence-corrected chi connectivity index (χ0v) is 15.4. The highest BCUT2D eigenvalue weighted by Gasteiger charge is 2.16. The number of rotatable bonds is 7. The first-order valence-electron chi connectivity index (χ1n) is 8.39. The van der Waals surface area contributed by atoms with E-state index in [0.717, 1.165) is 0 Å². The Labute approximate surface area is 148 Å². The van der Waals surface area contributed by atoms with Gasteiger partial charge >= 0.3 is 0 Å². The number of hydrogen-bond donors (Lipinski definition) is 2. The molecule has 0 bridgehead atoms. The van der Waals surface area contributed by atoms with Crippen molar-refractivity contribution >= 4 is 11.9 Å². The summed E-state index contributed by atoms with van der Waals surface area (Å²) in [6.45, 7) is 6.00. The van der Waals surface area contributed by atoms with Crippen molar-refractivity contribution in [1.82, 2.24) is 15.0 Å². The first kappa shape index (κ1) is 19.1. The lowest BCUT2D eigenvalue weighted by molar-refractivity contribution is 0.162. The minimum atomic E-state index is -0.692. The van der Waals surface area contributed by atoms with E-state index in [4.69, 9.17) is 0 Å². The van der Waals surface area contributed by atoms with Crippen LogP contribution in [-0.4, -0.2) is 40.2 Å². The summed E-state index contributed by atoms with van der Waals surface area (Å²) in [5.41, 5.74) is 0.683. The topological polar surface area (TPSA) is 74.2 Å². The molecule has 1 aromatic carbocycles. The Kier molecular flexibility index (Phi) is 6.25. The number of halogens is 1. The summed E-state index contributed by atoms with van der Waals surface area (Å²) in [6.07, 6.45) is -0.242. The summed E-state index contributed by atoms with van der Waals surface area (Å²) in [4.78, 5) is 15.1. The van der Waals surface area contributed by atoms with Crippen LogP contribution in [0, 0.1) is 5.82 Å². The second-order valence-corrected chi connectivity index (χ2v) is 6.71. The molecule has 6 nitrogen and oxygen atoms in total. The highest BCUT2D eigenvalue weighted by molar-refractivity contribution is 5.37. The molecule has 2 rings (SSSR count). The number of anilines is 2. The molecule has 0 spiro atoms. The standard InChI is InChI=1S/C18H26FN5O/c1-11(2)16-21-17(23-18(22-16)24(4)5)20-12(3)10-15(25)13-6-8-14(19)9-7-13/h6-9,11-12,15,25H,10H2,1-5H3,(H,20,21,22,23). The van der Waals surface area contributed by atoms with E-state index in [0.29, 0.717) is 29.7 Å². The maximum Gasteiger partial charge on any atom is 0.229 e. The smallest absolute Gasteiger partial charge is 0.229 e. The Bertz CT molecular complexity index is 664. The number of aliphatic hydroxyl groups is 1. The van der Waals surface area contributed by atoms with Crippen molar-refractivity contribution in [3.8, 4) is 0 Å². The Morgan fingerprint density at radius 1 is 1.08 bits per heavy atom. The number of aliphatic hydroxyl groups excluding tert-OH is 1. The number of nitrogens with one attached hydrogen (secondary N) is 1. The fourth-order valence-electron chi connectivity index (χ4n) is 2.34. The third kappa shape index (κ3) is 5.35. The molecule has 2 atom stereocenters. The summed E-state index contributed by atoms with van der Waals surface area (Å²) in [7, 11) is 3.76. The average molecular weight is 347 g/mol. The molecule has 0 aliphatic carbocycles. The van der Waals surface area contributed by atoms with Crippen LogP contribution in [0.15, 0.2) is 24.3 Å². The molecule has 2 N–H and O–H groups in total. The van der Waals surface area contributed by atoms with Gasteiger partial charge in [0.25, 0.3) is 0 Å². The summed E-state index contributed by atoms with van der Waals surface area (Å²) >= 11 is 0. The Hall–Kier alpha value is -2.28. The van der Waals surface area contributed by atoms with E-state index >= 15 is 0 Å². The largest absolute Gasteiger partial charge is 0.388 e. The van der Waals surface area contributed by atoms with Gasteiger partial charge in [-0.2, -0.15) is 15.0 Å². The van der Waals surface area contributed by atoms with Crippen LogP contribution in [0.5, 0.6) is 0 Å². The lowest BCUT2D eigenvalue weighted by atomic mass is 10.0. The van der Waals surface area contributed by atoms with Crippen LogP contribution in [0.25, 0.3) is 0 Å². The van der Waals surface area contributed by atoms with Crippen molar-refractivity contribution in [2.24, 2.45) is 0 Å². The van der Waals surface area contributed by atoms with E-state index in [9.17, 15) is 9.50 Å². The summed E-state index contributed by atoms with van der Waals surface area (Å²) in [6, 6.07) is 5.81. The molecule has 1 heterocycles. The van der Waals surface area contributed by atoms with E-state index < -0.39 is 6.10 Å². The van der Waals surface area contributed by atoms with Crippen molar-refractivity contribution in [2.45, 2.75) is 45.3 Å². The van der Waals surface area contributed by atoms with Gasteiger partial charge in [-0.05, 0) is 31.0 Å². The predicted molar refractivity (Wildman–Crippen MR) is 97.3 cm³/mol. The maximum absolute atomic E-state index is 13.0. The molecule has 0 aliphatic rings.